The van der Waals surface area contributed by atoms with E-state index < -0.39 is 17.4 Å². The van der Waals surface area contributed by atoms with E-state index in [-0.39, 0.29) is 24.9 Å². The van der Waals surface area contributed by atoms with Gasteiger partial charge in [-0.1, -0.05) is 12.1 Å². The highest BCUT2D eigenvalue weighted by molar-refractivity contribution is 6.08. The van der Waals surface area contributed by atoms with Crippen molar-refractivity contribution in [1.82, 2.24) is 4.90 Å². The van der Waals surface area contributed by atoms with Crippen LogP contribution in [0, 0.1) is 11.3 Å². The number of amides is 2. The second kappa shape index (κ2) is 5.28. The van der Waals surface area contributed by atoms with Crippen LogP contribution in [-0.2, 0) is 14.3 Å². The Bertz CT molecular complexity index is 445. The fourth-order valence-electron chi connectivity index (χ4n) is 3.08. The molecule has 1 unspecified atom stereocenters. The zero-order valence-electron chi connectivity index (χ0n) is 11.4. The molecule has 0 bridgehead atoms. The molecule has 8 nitrogen and oxygen atoms in total. The number of rotatable bonds is 3. The van der Waals surface area contributed by atoms with E-state index in [9.17, 15) is 9.59 Å². The molecule has 2 fully saturated rings. The SMILES string of the molecule is CC1CC(C(=O)N2CCOCC2C(N)=O)(C(N)=NO)C1. The maximum atomic E-state index is 12.8. The highest BCUT2D eigenvalue weighted by atomic mass is 16.5. The minimum atomic E-state index is -1.01. The highest BCUT2D eigenvalue weighted by Gasteiger charge is 2.55. The van der Waals surface area contributed by atoms with Gasteiger partial charge in [-0.2, -0.15) is 0 Å². The van der Waals surface area contributed by atoms with Gasteiger partial charge >= 0.3 is 0 Å². The molecule has 0 radical (unpaired) electrons. The normalized spacial score (nSPS) is 34.5. The summed E-state index contributed by atoms with van der Waals surface area (Å²) in [5, 5.41) is 11.9. The topological polar surface area (TPSA) is 131 Å². The Labute approximate surface area is 116 Å². The first kappa shape index (κ1) is 14.6. The number of hydrogen-bond donors (Lipinski definition) is 3. The fourth-order valence-corrected chi connectivity index (χ4v) is 3.08. The Kier molecular flexibility index (Phi) is 3.85. The predicted molar refractivity (Wildman–Crippen MR) is 69.8 cm³/mol. The van der Waals surface area contributed by atoms with Crippen LogP contribution in [0.4, 0.5) is 0 Å². The molecule has 5 N–H and O–H groups in total. The summed E-state index contributed by atoms with van der Waals surface area (Å²) in [4.78, 5) is 25.6. The number of primary amides is 1. The predicted octanol–water partition coefficient (Wildman–Crippen LogP) is -1.14. The van der Waals surface area contributed by atoms with Gasteiger partial charge in [0.2, 0.25) is 11.8 Å². The number of amidine groups is 1. The summed E-state index contributed by atoms with van der Waals surface area (Å²) in [5.41, 5.74) is 10.0. The van der Waals surface area contributed by atoms with Gasteiger partial charge in [0, 0.05) is 6.54 Å². The summed E-state index contributed by atoms with van der Waals surface area (Å²) >= 11 is 0. The summed E-state index contributed by atoms with van der Waals surface area (Å²) < 4.78 is 5.19. The van der Waals surface area contributed by atoms with Crippen LogP contribution in [0.5, 0.6) is 0 Å². The Morgan fingerprint density at radius 1 is 1.40 bits per heavy atom. The van der Waals surface area contributed by atoms with Crippen molar-refractivity contribution >= 4 is 17.6 Å². The molecule has 112 valence electrons. The maximum absolute atomic E-state index is 12.8. The van der Waals surface area contributed by atoms with Crippen molar-refractivity contribution in [2.45, 2.75) is 25.8 Å². The highest BCUT2D eigenvalue weighted by Crippen LogP contribution is 2.47. The number of nitrogens with zero attached hydrogens (tertiary/aromatic N) is 2. The fraction of sp³-hybridized carbons (Fsp3) is 0.750. The van der Waals surface area contributed by atoms with Gasteiger partial charge < -0.3 is 26.3 Å². The zero-order chi connectivity index (χ0) is 14.9. The van der Waals surface area contributed by atoms with E-state index in [1.54, 1.807) is 0 Å². The summed E-state index contributed by atoms with van der Waals surface area (Å²) in [5.74, 6) is -0.708. The molecule has 1 atom stereocenters. The maximum Gasteiger partial charge on any atom is 0.242 e. The monoisotopic (exact) mass is 284 g/mol. The molecule has 0 aromatic rings. The lowest BCUT2D eigenvalue weighted by atomic mass is 9.61. The molecule has 8 heteroatoms. The third kappa shape index (κ3) is 2.20. The van der Waals surface area contributed by atoms with Crippen LogP contribution in [0.2, 0.25) is 0 Å². The third-order valence-corrected chi connectivity index (χ3v) is 4.12. The van der Waals surface area contributed by atoms with Crippen LogP contribution in [0.15, 0.2) is 5.16 Å². The number of carbonyl (C=O) groups excluding carboxylic acids is 2. The van der Waals surface area contributed by atoms with Crippen molar-refractivity contribution in [3.8, 4) is 0 Å². The smallest absolute Gasteiger partial charge is 0.242 e. The zero-order valence-corrected chi connectivity index (χ0v) is 11.4. The van der Waals surface area contributed by atoms with Crippen molar-refractivity contribution in [2.75, 3.05) is 19.8 Å². The van der Waals surface area contributed by atoms with Gasteiger partial charge in [0.1, 0.15) is 11.5 Å². The van der Waals surface area contributed by atoms with Crippen LogP contribution in [0.1, 0.15) is 19.8 Å². The molecule has 1 saturated heterocycles. The van der Waals surface area contributed by atoms with Crippen molar-refractivity contribution < 1.29 is 19.5 Å². The average Bonchev–Trinajstić information content (AvgIpc) is 2.42. The van der Waals surface area contributed by atoms with E-state index in [4.69, 9.17) is 21.4 Å². The lowest BCUT2D eigenvalue weighted by Gasteiger charge is -2.48. The Balaban J connectivity index is 2.25. The van der Waals surface area contributed by atoms with Crippen molar-refractivity contribution in [3.05, 3.63) is 0 Å². The van der Waals surface area contributed by atoms with Crippen LogP contribution in [0.3, 0.4) is 0 Å². The quantitative estimate of drug-likeness (QED) is 0.261. The standard InChI is InChI=1S/C12H20N4O4/c1-7-4-12(5-7,10(14)15-19)11(18)16-2-3-20-6-8(16)9(13)17/h7-8,19H,2-6H2,1H3,(H2,13,17)(H2,14,15). The van der Waals surface area contributed by atoms with E-state index in [1.165, 1.54) is 4.90 Å². The number of nitrogens with two attached hydrogens (primary N) is 2. The molecule has 0 spiro atoms. The van der Waals surface area contributed by atoms with E-state index in [1.807, 2.05) is 6.92 Å². The number of carbonyl (C=O) groups is 2. The Morgan fingerprint density at radius 2 is 2.05 bits per heavy atom. The van der Waals surface area contributed by atoms with E-state index in [0.717, 1.165) is 0 Å². The molecule has 0 aromatic heterocycles. The molecule has 1 saturated carbocycles. The van der Waals surface area contributed by atoms with E-state index in [2.05, 4.69) is 5.16 Å². The minimum absolute atomic E-state index is 0.0862. The molecule has 0 aromatic carbocycles. The molecule has 1 aliphatic carbocycles. The number of ether oxygens (including phenoxy) is 1. The Morgan fingerprint density at radius 3 is 2.55 bits per heavy atom. The Hall–Kier alpha value is -1.83. The van der Waals surface area contributed by atoms with E-state index >= 15 is 0 Å². The molecule has 2 aliphatic rings. The summed E-state index contributed by atoms with van der Waals surface area (Å²) in [7, 11) is 0. The van der Waals surface area contributed by atoms with Gasteiger partial charge in [-0.05, 0) is 18.8 Å². The molecular weight excluding hydrogens is 264 g/mol. The first-order valence-electron chi connectivity index (χ1n) is 6.58. The van der Waals surface area contributed by atoms with Gasteiger partial charge in [0.25, 0.3) is 0 Å². The lowest BCUT2D eigenvalue weighted by Crippen LogP contribution is -2.63. The van der Waals surface area contributed by atoms with Gasteiger partial charge in [-0.25, -0.2) is 0 Å². The number of hydrogen-bond acceptors (Lipinski definition) is 5. The molecule has 1 heterocycles. The van der Waals surface area contributed by atoms with E-state index in [0.29, 0.717) is 25.4 Å². The van der Waals surface area contributed by atoms with Gasteiger partial charge in [-0.3, -0.25) is 9.59 Å². The summed E-state index contributed by atoms with van der Waals surface area (Å²) in [6.45, 7) is 2.70. The van der Waals surface area contributed by atoms with Crippen molar-refractivity contribution in [2.24, 2.45) is 28.0 Å². The second-order valence-corrected chi connectivity index (χ2v) is 5.57. The summed E-state index contributed by atoms with van der Waals surface area (Å²) in [6.07, 6.45) is 1.01. The van der Waals surface area contributed by atoms with Gasteiger partial charge in [0.05, 0.1) is 13.2 Å². The van der Waals surface area contributed by atoms with Crippen molar-refractivity contribution in [1.29, 1.82) is 0 Å². The summed E-state index contributed by atoms with van der Waals surface area (Å²) in [6, 6.07) is -0.796. The van der Waals surface area contributed by atoms with Crippen LogP contribution >= 0.6 is 0 Å². The minimum Gasteiger partial charge on any atom is -0.409 e. The molecule has 1 aliphatic heterocycles. The van der Waals surface area contributed by atoms with Crippen molar-refractivity contribution in [3.63, 3.8) is 0 Å². The van der Waals surface area contributed by atoms with Gasteiger partial charge in [-0.15, -0.1) is 0 Å². The molecule has 20 heavy (non-hydrogen) atoms. The van der Waals surface area contributed by atoms with Crippen LogP contribution in [-0.4, -0.2) is 53.6 Å². The second-order valence-electron chi connectivity index (χ2n) is 5.57. The number of oxime groups is 1. The molecule has 2 rings (SSSR count). The third-order valence-electron chi connectivity index (χ3n) is 4.12. The van der Waals surface area contributed by atoms with Crippen LogP contribution in [0.25, 0.3) is 0 Å². The van der Waals surface area contributed by atoms with Crippen LogP contribution < -0.4 is 11.5 Å². The lowest BCUT2D eigenvalue weighted by molar-refractivity contribution is -0.157. The molecule has 2 amide bonds. The number of morpholine rings is 1. The molecular formula is C12H20N4O4. The van der Waals surface area contributed by atoms with Gasteiger partial charge in [0.15, 0.2) is 5.84 Å². The average molecular weight is 284 g/mol. The largest absolute Gasteiger partial charge is 0.409 e. The first-order chi connectivity index (χ1) is 9.42. The first-order valence-corrected chi connectivity index (χ1v) is 6.58.